The molecule has 0 heteroatoms. The van der Waals surface area contributed by atoms with Crippen LogP contribution in [0.25, 0.3) is 121 Å². The summed E-state index contributed by atoms with van der Waals surface area (Å²) in [6.07, 6.45) is 0. The average Bonchev–Trinajstić information content (AvgIpc) is 3.58. The number of hydrogen-bond acceptors (Lipinski definition) is 0. The second-order valence-electron chi connectivity index (χ2n) is 14.7. The second kappa shape index (κ2) is 11.2. The van der Waals surface area contributed by atoms with Crippen LogP contribution in [0.4, 0.5) is 0 Å². The highest BCUT2D eigenvalue weighted by Crippen LogP contribution is 2.60. The third-order valence-corrected chi connectivity index (χ3v) is 11.9. The molecule has 0 radical (unpaired) electrons. The third kappa shape index (κ3) is 4.03. The Balaban J connectivity index is 1.32. The van der Waals surface area contributed by atoms with Crippen LogP contribution < -0.4 is 0 Å². The van der Waals surface area contributed by atoms with E-state index in [4.69, 9.17) is 0 Å². The lowest BCUT2D eigenvalue weighted by atomic mass is 9.80. The summed E-state index contributed by atoms with van der Waals surface area (Å²) in [4.78, 5) is 0. The van der Waals surface area contributed by atoms with Gasteiger partial charge < -0.3 is 0 Å². The number of rotatable bonds is 4. The molecule has 54 heavy (non-hydrogen) atoms. The van der Waals surface area contributed by atoms with E-state index in [2.05, 4.69) is 194 Å². The molecule has 11 aromatic carbocycles. The van der Waals surface area contributed by atoms with Gasteiger partial charge in [0.2, 0.25) is 0 Å². The van der Waals surface area contributed by atoms with Crippen molar-refractivity contribution >= 4 is 53.9 Å². The van der Waals surface area contributed by atoms with Gasteiger partial charge in [0.1, 0.15) is 0 Å². The largest absolute Gasteiger partial charge is 0.0622 e. The van der Waals surface area contributed by atoms with Crippen molar-refractivity contribution in [2.24, 2.45) is 0 Å². The molecular weight excluding hydrogens is 649 g/mol. The Morgan fingerprint density at radius 1 is 0.204 bits per heavy atom. The number of hydrogen-bond donors (Lipinski definition) is 0. The van der Waals surface area contributed by atoms with Gasteiger partial charge in [0.05, 0.1) is 0 Å². The minimum Gasteiger partial charge on any atom is -0.0622 e. The van der Waals surface area contributed by atoms with E-state index in [9.17, 15) is 0 Å². The molecule has 0 spiro atoms. The zero-order chi connectivity index (χ0) is 35.3. The van der Waals surface area contributed by atoms with Crippen molar-refractivity contribution in [1.82, 2.24) is 0 Å². The minimum absolute atomic E-state index is 1.22. The van der Waals surface area contributed by atoms with Gasteiger partial charge in [0.25, 0.3) is 0 Å². The molecule has 11 aromatic rings. The highest BCUT2D eigenvalue weighted by atomic mass is 14.3. The molecule has 0 aliphatic heterocycles. The van der Waals surface area contributed by atoms with E-state index in [1.165, 1.54) is 121 Å². The molecule has 1 aliphatic carbocycles. The third-order valence-electron chi connectivity index (χ3n) is 11.9. The van der Waals surface area contributed by atoms with E-state index in [1.54, 1.807) is 0 Å². The topological polar surface area (TPSA) is 0 Å². The monoisotopic (exact) mass is 680 g/mol. The lowest BCUT2D eigenvalue weighted by Gasteiger charge is -2.23. The summed E-state index contributed by atoms with van der Waals surface area (Å²) in [5.41, 5.74) is 15.3. The lowest BCUT2D eigenvalue weighted by molar-refractivity contribution is 1.59. The van der Waals surface area contributed by atoms with Gasteiger partial charge in [-0.25, -0.2) is 0 Å². The molecule has 1 aliphatic rings. The lowest BCUT2D eigenvalue weighted by Crippen LogP contribution is -1.96. The molecule has 0 nitrogen and oxygen atoms in total. The Morgan fingerprint density at radius 3 is 1.02 bits per heavy atom. The van der Waals surface area contributed by atoms with Gasteiger partial charge in [-0.1, -0.05) is 182 Å². The van der Waals surface area contributed by atoms with Crippen LogP contribution in [0.1, 0.15) is 0 Å². The van der Waals surface area contributed by atoms with Crippen molar-refractivity contribution in [3.63, 3.8) is 0 Å². The van der Waals surface area contributed by atoms with Crippen molar-refractivity contribution in [3.8, 4) is 66.8 Å². The highest BCUT2D eigenvalue weighted by molar-refractivity contribution is 6.39. The molecule has 0 heterocycles. The van der Waals surface area contributed by atoms with E-state index >= 15 is 0 Å². The van der Waals surface area contributed by atoms with E-state index in [0.717, 1.165) is 0 Å². The summed E-state index contributed by atoms with van der Waals surface area (Å²) >= 11 is 0. The maximum absolute atomic E-state index is 2.49. The van der Waals surface area contributed by atoms with E-state index in [0.29, 0.717) is 0 Å². The summed E-state index contributed by atoms with van der Waals surface area (Å²) in [5, 5.41) is 13.2. The Bertz CT molecular complexity index is 3050. The SMILES string of the molecule is c1ccc(-c2cc3c(-c4ccccc4)c4c(c(-c5ccccc5)c3cc2-c2ccccc2)-c2ccc3c5cccc6cccc(c7ccc-4c2c73)c65)cc1. The molecule has 12 rings (SSSR count). The van der Waals surface area contributed by atoms with Crippen LogP contribution in [0, 0.1) is 0 Å². The van der Waals surface area contributed by atoms with E-state index < -0.39 is 0 Å². The quantitative estimate of drug-likeness (QED) is 0.128. The standard InChI is InChI=1S/C54H32/c1-5-15-33(16-6-1)44-31-46-47(32-45(44)34-17-7-2-8-18-34)50(37-21-11-4-12-22-37)54-43-30-28-41-39-26-14-24-35-23-13-25-38(48(35)39)40-27-29-42(52(43)51(40)41)53(54)49(46)36-19-9-3-10-20-36/h1-32H. The number of fused-ring (bicyclic) bond motifs is 6. The van der Waals surface area contributed by atoms with E-state index in [-0.39, 0.29) is 0 Å². The normalized spacial score (nSPS) is 12.1. The Labute approximate surface area is 313 Å². The molecule has 0 bridgehead atoms. The van der Waals surface area contributed by atoms with Crippen LogP contribution >= 0.6 is 0 Å². The average molecular weight is 681 g/mol. The molecule has 0 N–H and O–H groups in total. The first-order valence-corrected chi connectivity index (χ1v) is 18.9. The fourth-order valence-corrected chi connectivity index (χ4v) is 9.74. The molecule has 0 saturated heterocycles. The summed E-state index contributed by atoms with van der Waals surface area (Å²) in [6, 6.07) is 72.2. The van der Waals surface area contributed by atoms with Crippen molar-refractivity contribution in [3.05, 3.63) is 194 Å². The minimum atomic E-state index is 1.22. The molecule has 248 valence electrons. The van der Waals surface area contributed by atoms with Crippen LogP contribution in [0.15, 0.2) is 194 Å². The molecule has 0 fully saturated rings. The first-order chi connectivity index (χ1) is 26.8. The first-order valence-electron chi connectivity index (χ1n) is 18.9. The summed E-state index contributed by atoms with van der Waals surface area (Å²) in [7, 11) is 0. The maximum Gasteiger partial charge on any atom is -0.000740 e. The predicted octanol–water partition coefficient (Wildman–Crippen LogP) is 15.2. The molecule has 0 amide bonds. The Hall–Kier alpha value is -7.02. The molecule has 0 atom stereocenters. The Kier molecular flexibility index (Phi) is 6.15. The van der Waals surface area contributed by atoms with Gasteiger partial charge in [0, 0.05) is 0 Å². The van der Waals surface area contributed by atoms with Crippen molar-refractivity contribution in [2.75, 3.05) is 0 Å². The number of benzene rings is 11. The smallest absolute Gasteiger partial charge is 0.000740 e. The van der Waals surface area contributed by atoms with Gasteiger partial charge in [-0.05, 0) is 133 Å². The van der Waals surface area contributed by atoms with Gasteiger partial charge in [-0.2, -0.15) is 0 Å². The van der Waals surface area contributed by atoms with E-state index in [1.807, 2.05) is 0 Å². The van der Waals surface area contributed by atoms with Crippen molar-refractivity contribution < 1.29 is 0 Å². The molecule has 0 aromatic heterocycles. The van der Waals surface area contributed by atoms with Gasteiger partial charge in [-0.15, -0.1) is 0 Å². The van der Waals surface area contributed by atoms with Crippen LogP contribution in [0.5, 0.6) is 0 Å². The van der Waals surface area contributed by atoms with Gasteiger partial charge in [-0.3, -0.25) is 0 Å². The van der Waals surface area contributed by atoms with Crippen molar-refractivity contribution in [2.45, 2.75) is 0 Å². The van der Waals surface area contributed by atoms with Crippen LogP contribution in [0.3, 0.4) is 0 Å². The highest BCUT2D eigenvalue weighted by Gasteiger charge is 2.32. The Morgan fingerprint density at radius 2 is 0.593 bits per heavy atom. The zero-order valence-corrected chi connectivity index (χ0v) is 29.5. The van der Waals surface area contributed by atoms with Crippen LogP contribution in [0.2, 0.25) is 0 Å². The fraction of sp³-hybridized carbons (Fsp3) is 0. The fourth-order valence-electron chi connectivity index (χ4n) is 9.74. The molecular formula is C54H32. The molecule has 0 unspecified atom stereocenters. The summed E-state index contributed by atoms with van der Waals surface area (Å²) in [5.74, 6) is 0. The van der Waals surface area contributed by atoms with Gasteiger partial charge in [0.15, 0.2) is 0 Å². The van der Waals surface area contributed by atoms with Crippen LogP contribution in [-0.2, 0) is 0 Å². The first kappa shape index (κ1) is 29.5. The molecule has 0 saturated carbocycles. The maximum atomic E-state index is 2.49. The predicted molar refractivity (Wildman–Crippen MR) is 231 cm³/mol. The summed E-state index contributed by atoms with van der Waals surface area (Å²) in [6.45, 7) is 0. The summed E-state index contributed by atoms with van der Waals surface area (Å²) < 4.78 is 0. The van der Waals surface area contributed by atoms with Gasteiger partial charge >= 0.3 is 0 Å². The van der Waals surface area contributed by atoms with Crippen LogP contribution in [-0.4, -0.2) is 0 Å². The second-order valence-corrected chi connectivity index (χ2v) is 14.7. The zero-order valence-electron chi connectivity index (χ0n) is 29.5. The van der Waals surface area contributed by atoms with Crippen molar-refractivity contribution in [1.29, 1.82) is 0 Å².